The molecule has 134 valence electrons. The lowest BCUT2D eigenvalue weighted by atomic mass is 9.99. The number of aromatic nitrogens is 1. The summed E-state index contributed by atoms with van der Waals surface area (Å²) in [5.41, 5.74) is 13.1. The standard InChI is InChI=1S/C19H14ClN5O2/c20-16-10-24-17(8-18(26)27-25-19(22)23)15-7-13(4-5-14(15)16)12-3-1-2-11(6-12)9-21/h1-7,10H,8H2,(H4,22,23,25). The number of nitrogens with zero attached hydrogens (tertiary/aromatic N) is 3. The van der Waals surface area contributed by atoms with Crippen molar-refractivity contribution in [3.63, 3.8) is 0 Å². The molecule has 3 aromatic rings. The van der Waals surface area contributed by atoms with Crippen molar-refractivity contribution in [2.75, 3.05) is 0 Å². The van der Waals surface area contributed by atoms with Gasteiger partial charge in [0.25, 0.3) is 0 Å². The van der Waals surface area contributed by atoms with Crippen molar-refractivity contribution in [2.24, 2.45) is 16.6 Å². The van der Waals surface area contributed by atoms with E-state index in [9.17, 15) is 4.79 Å². The van der Waals surface area contributed by atoms with Gasteiger partial charge in [-0.15, -0.1) is 0 Å². The molecule has 0 amide bonds. The largest absolute Gasteiger partial charge is 0.367 e. The number of benzene rings is 2. The molecule has 0 radical (unpaired) electrons. The Balaban J connectivity index is 2.04. The van der Waals surface area contributed by atoms with Crippen LogP contribution < -0.4 is 11.5 Å². The molecule has 8 heteroatoms. The van der Waals surface area contributed by atoms with E-state index in [0.717, 1.165) is 16.5 Å². The molecule has 0 bridgehead atoms. The first kappa shape index (κ1) is 18.2. The van der Waals surface area contributed by atoms with Crippen LogP contribution in [0.3, 0.4) is 0 Å². The van der Waals surface area contributed by atoms with Crippen LogP contribution in [0.5, 0.6) is 0 Å². The lowest BCUT2D eigenvalue weighted by Gasteiger charge is -2.09. The molecule has 1 heterocycles. The van der Waals surface area contributed by atoms with Gasteiger partial charge in [-0.05, 0) is 34.5 Å². The van der Waals surface area contributed by atoms with E-state index in [1.165, 1.54) is 6.20 Å². The van der Waals surface area contributed by atoms with Crippen molar-refractivity contribution in [1.82, 2.24) is 4.98 Å². The number of nitriles is 1. The number of nitrogens with two attached hydrogens (primary N) is 2. The van der Waals surface area contributed by atoms with E-state index >= 15 is 0 Å². The third-order valence-corrected chi connectivity index (χ3v) is 4.11. The number of fused-ring (bicyclic) bond motifs is 1. The van der Waals surface area contributed by atoms with Gasteiger partial charge in [0.05, 0.1) is 28.8 Å². The Morgan fingerprint density at radius 2 is 1.96 bits per heavy atom. The summed E-state index contributed by atoms with van der Waals surface area (Å²) >= 11 is 6.24. The molecule has 1 aromatic heterocycles. The Morgan fingerprint density at radius 1 is 1.19 bits per heavy atom. The first-order valence-electron chi connectivity index (χ1n) is 7.84. The highest BCUT2D eigenvalue weighted by Crippen LogP contribution is 2.30. The third kappa shape index (κ3) is 4.14. The smallest absolute Gasteiger partial charge is 0.341 e. The van der Waals surface area contributed by atoms with Gasteiger partial charge in [-0.25, -0.2) is 4.79 Å². The molecular weight excluding hydrogens is 366 g/mol. The van der Waals surface area contributed by atoms with Gasteiger partial charge in [0.2, 0.25) is 5.96 Å². The second-order valence-electron chi connectivity index (χ2n) is 5.66. The highest BCUT2D eigenvalue weighted by Gasteiger charge is 2.13. The quantitative estimate of drug-likeness (QED) is 0.310. The van der Waals surface area contributed by atoms with Crippen molar-refractivity contribution >= 4 is 34.3 Å². The monoisotopic (exact) mass is 379 g/mol. The lowest BCUT2D eigenvalue weighted by Crippen LogP contribution is -2.23. The fraction of sp³-hybridized carbons (Fsp3) is 0.0526. The molecule has 27 heavy (non-hydrogen) atoms. The number of guanidine groups is 1. The lowest BCUT2D eigenvalue weighted by molar-refractivity contribution is -0.142. The van der Waals surface area contributed by atoms with E-state index in [1.54, 1.807) is 12.1 Å². The molecule has 0 aliphatic heterocycles. The average molecular weight is 380 g/mol. The molecule has 0 fully saturated rings. The molecule has 0 saturated carbocycles. The van der Waals surface area contributed by atoms with Crippen LogP contribution >= 0.6 is 11.6 Å². The van der Waals surface area contributed by atoms with E-state index in [-0.39, 0.29) is 12.4 Å². The molecule has 0 atom stereocenters. The Bertz CT molecular complexity index is 1100. The average Bonchev–Trinajstić information content (AvgIpc) is 2.68. The number of carbonyl (C=O) groups excluding carboxylic acids is 1. The summed E-state index contributed by atoms with van der Waals surface area (Å²) in [4.78, 5) is 20.8. The molecule has 2 aromatic carbocycles. The summed E-state index contributed by atoms with van der Waals surface area (Å²) in [6.07, 6.45) is 1.34. The number of hydrogen-bond acceptors (Lipinski definition) is 5. The molecular formula is C19H14ClN5O2. The maximum Gasteiger partial charge on any atom is 0.341 e. The van der Waals surface area contributed by atoms with Gasteiger partial charge in [0, 0.05) is 17.0 Å². The minimum atomic E-state index is -0.656. The number of carbonyl (C=O) groups is 1. The van der Waals surface area contributed by atoms with E-state index < -0.39 is 5.97 Å². The predicted molar refractivity (Wildman–Crippen MR) is 103 cm³/mol. The molecule has 0 spiro atoms. The molecule has 3 rings (SSSR count). The Kier molecular flexibility index (Phi) is 5.20. The van der Waals surface area contributed by atoms with Gasteiger partial charge < -0.3 is 16.3 Å². The van der Waals surface area contributed by atoms with E-state index in [1.807, 2.05) is 30.3 Å². The first-order chi connectivity index (χ1) is 13.0. The zero-order chi connectivity index (χ0) is 19.4. The second-order valence-corrected chi connectivity index (χ2v) is 6.07. The van der Waals surface area contributed by atoms with E-state index in [4.69, 9.17) is 28.3 Å². The fourth-order valence-electron chi connectivity index (χ4n) is 2.63. The Labute approximate surface area is 159 Å². The highest BCUT2D eigenvalue weighted by molar-refractivity contribution is 6.35. The molecule has 0 aliphatic carbocycles. The SMILES string of the molecule is N#Cc1cccc(-c2ccc3c(Cl)cnc(CC(=O)ON=C(N)N)c3c2)c1. The molecule has 4 N–H and O–H groups in total. The molecule has 7 nitrogen and oxygen atoms in total. The zero-order valence-electron chi connectivity index (χ0n) is 14.0. The van der Waals surface area contributed by atoms with Crippen LogP contribution in [0.1, 0.15) is 11.3 Å². The molecule has 0 aliphatic rings. The van der Waals surface area contributed by atoms with Gasteiger partial charge in [-0.1, -0.05) is 35.9 Å². The van der Waals surface area contributed by atoms with Crippen LogP contribution in [0.2, 0.25) is 5.02 Å². The van der Waals surface area contributed by atoms with Crippen LogP contribution in [0, 0.1) is 11.3 Å². The Hall–Kier alpha value is -3.63. The van der Waals surface area contributed by atoms with Crippen molar-refractivity contribution in [1.29, 1.82) is 5.26 Å². The van der Waals surface area contributed by atoms with Gasteiger partial charge in [0.15, 0.2) is 0 Å². The van der Waals surface area contributed by atoms with Crippen LogP contribution in [0.4, 0.5) is 0 Å². The maximum atomic E-state index is 11.9. The van der Waals surface area contributed by atoms with Crippen molar-refractivity contribution in [2.45, 2.75) is 6.42 Å². The fourth-order valence-corrected chi connectivity index (χ4v) is 2.84. The first-order valence-corrected chi connectivity index (χ1v) is 8.22. The van der Waals surface area contributed by atoms with Crippen molar-refractivity contribution < 1.29 is 9.63 Å². The van der Waals surface area contributed by atoms with Crippen molar-refractivity contribution in [3.8, 4) is 17.2 Å². The minimum absolute atomic E-state index is 0.133. The van der Waals surface area contributed by atoms with Crippen LogP contribution in [0.25, 0.3) is 21.9 Å². The number of rotatable bonds is 4. The van der Waals surface area contributed by atoms with Gasteiger partial charge in [-0.3, -0.25) is 4.98 Å². The normalized spacial score (nSPS) is 10.2. The van der Waals surface area contributed by atoms with E-state index in [2.05, 4.69) is 21.0 Å². The molecule has 0 unspecified atom stereocenters. The van der Waals surface area contributed by atoms with Crippen molar-refractivity contribution in [3.05, 3.63) is 64.9 Å². The van der Waals surface area contributed by atoms with Crippen LogP contribution in [-0.4, -0.2) is 16.9 Å². The summed E-state index contributed by atoms with van der Waals surface area (Å²) in [6.45, 7) is 0. The topological polar surface area (TPSA) is 127 Å². The summed E-state index contributed by atoms with van der Waals surface area (Å²) in [7, 11) is 0. The Morgan fingerprint density at radius 3 is 2.70 bits per heavy atom. The van der Waals surface area contributed by atoms with Gasteiger partial charge in [-0.2, -0.15) is 5.26 Å². The number of pyridine rings is 1. The van der Waals surface area contributed by atoms with E-state index in [0.29, 0.717) is 21.7 Å². The maximum absolute atomic E-state index is 11.9. The number of oxime groups is 1. The number of halogens is 1. The number of hydrogen-bond donors (Lipinski definition) is 2. The summed E-state index contributed by atoms with van der Waals surface area (Å²) in [6, 6.07) is 14.9. The van der Waals surface area contributed by atoms with Gasteiger partial charge in [0.1, 0.15) is 0 Å². The summed E-state index contributed by atoms with van der Waals surface area (Å²) < 4.78 is 0. The summed E-state index contributed by atoms with van der Waals surface area (Å²) in [5, 5.41) is 14.2. The minimum Gasteiger partial charge on any atom is -0.367 e. The highest BCUT2D eigenvalue weighted by atomic mass is 35.5. The van der Waals surface area contributed by atoms with Crippen LogP contribution in [0.15, 0.2) is 53.8 Å². The van der Waals surface area contributed by atoms with Gasteiger partial charge >= 0.3 is 5.97 Å². The second kappa shape index (κ2) is 7.72. The third-order valence-electron chi connectivity index (χ3n) is 3.81. The predicted octanol–water partition coefficient (Wildman–Crippen LogP) is 2.70. The molecule has 0 saturated heterocycles. The summed E-state index contributed by atoms with van der Waals surface area (Å²) in [5.74, 6) is -1.01. The zero-order valence-corrected chi connectivity index (χ0v) is 14.8. The van der Waals surface area contributed by atoms with Crippen LogP contribution in [-0.2, 0) is 16.1 Å².